The lowest BCUT2D eigenvalue weighted by Crippen LogP contribution is -2.49. The monoisotopic (exact) mass is 277 g/mol. The van der Waals surface area contributed by atoms with E-state index in [1.165, 1.54) is 4.90 Å². The zero-order chi connectivity index (χ0) is 13.8. The van der Waals surface area contributed by atoms with Crippen LogP contribution in [0.4, 0.5) is 0 Å². The summed E-state index contributed by atoms with van der Waals surface area (Å²) in [5, 5.41) is 9.02. The standard InChI is InChI=1S/C11H19NO5S/c1-2-7-18(16,17)8-10(13)12-6-4-3-5-9(12)11(14)15/h9H,2-8H2,1H3,(H,14,15)/t9-/m1/s1. The highest BCUT2D eigenvalue weighted by Crippen LogP contribution is 2.17. The van der Waals surface area contributed by atoms with Gasteiger partial charge in [0.15, 0.2) is 9.84 Å². The Morgan fingerprint density at radius 1 is 1.33 bits per heavy atom. The van der Waals surface area contributed by atoms with Gasteiger partial charge in [0.25, 0.3) is 0 Å². The van der Waals surface area contributed by atoms with Crippen LogP contribution < -0.4 is 0 Å². The third-order valence-electron chi connectivity index (χ3n) is 2.97. The van der Waals surface area contributed by atoms with Crippen LogP contribution in [0.5, 0.6) is 0 Å². The average Bonchev–Trinajstić information content (AvgIpc) is 2.28. The van der Waals surface area contributed by atoms with E-state index in [0.29, 0.717) is 19.4 Å². The number of nitrogens with zero attached hydrogens (tertiary/aromatic N) is 1. The van der Waals surface area contributed by atoms with Crippen LogP contribution in [0, 0.1) is 0 Å². The summed E-state index contributed by atoms with van der Waals surface area (Å²) in [6.07, 6.45) is 2.33. The molecule has 18 heavy (non-hydrogen) atoms. The largest absolute Gasteiger partial charge is 0.480 e. The van der Waals surface area contributed by atoms with Gasteiger partial charge in [0, 0.05) is 6.54 Å². The number of hydrogen-bond donors (Lipinski definition) is 1. The first-order valence-corrected chi connectivity index (χ1v) is 7.92. The fourth-order valence-electron chi connectivity index (χ4n) is 2.14. The fourth-order valence-corrected chi connectivity index (χ4v) is 3.45. The lowest BCUT2D eigenvalue weighted by atomic mass is 10.0. The molecular formula is C11H19NO5S. The third-order valence-corrected chi connectivity index (χ3v) is 4.68. The average molecular weight is 277 g/mol. The van der Waals surface area contributed by atoms with Crippen molar-refractivity contribution in [3.8, 4) is 0 Å². The van der Waals surface area contributed by atoms with Crippen molar-refractivity contribution in [1.82, 2.24) is 4.90 Å². The topological polar surface area (TPSA) is 91.8 Å². The number of carbonyl (C=O) groups excluding carboxylic acids is 1. The van der Waals surface area contributed by atoms with E-state index in [-0.39, 0.29) is 5.75 Å². The number of likely N-dealkylation sites (tertiary alicyclic amines) is 1. The van der Waals surface area contributed by atoms with Crippen molar-refractivity contribution in [2.75, 3.05) is 18.1 Å². The Bertz CT molecular complexity index is 417. The summed E-state index contributed by atoms with van der Waals surface area (Å²) in [6.45, 7) is 2.06. The predicted octanol–water partition coefficient (Wildman–Crippen LogP) is 0.277. The first kappa shape index (κ1) is 14.9. The fraction of sp³-hybridized carbons (Fsp3) is 0.818. The highest BCUT2D eigenvalue weighted by Gasteiger charge is 2.33. The number of piperidine rings is 1. The van der Waals surface area contributed by atoms with Gasteiger partial charge < -0.3 is 10.0 Å². The van der Waals surface area contributed by atoms with Gasteiger partial charge >= 0.3 is 5.97 Å². The molecule has 1 aliphatic heterocycles. The number of carboxylic acid groups (broad SMARTS) is 1. The minimum absolute atomic E-state index is 0.0374. The molecule has 104 valence electrons. The molecule has 0 aromatic carbocycles. The molecular weight excluding hydrogens is 258 g/mol. The summed E-state index contributed by atoms with van der Waals surface area (Å²) in [5.41, 5.74) is 0. The van der Waals surface area contributed by atoms with E-state index in [0.717, 1.165) is 12.8 Å². The molecule has 1 atom stereocenters. The third kappa shape index (κ3) is 3.97. The van der Waals surface area contributed by atoms with Crippen molar-refractivity contribution in [3.63, 3.8) is 0 Å². The van der Waals surface area contributed by atoms with Crippen molar-refractivity contribution in [2.45, 2.75) is 38.6 Å². The minimum atomic E-state index is -3.41. The lowest BCUT2D eigenvalue weighted by Gasteiger charge is -2.32. The number of rotatable bonds is 5. The zero-order valence-corrected chi connectivity index (χ0v) is 11.3. The van der Waals surface area contributed by atoms with Gasteiger partial charge in [0.2, 0.25) is 5.91 Å². The second-order valence-electron chi connectivity index (χ2n) is 4.53. The van der Waals surface area contributed by atoms with Crippen LogP contribution >= 0.6 is 0 Å². The van der Waals surface area contributed by atoms with Crippen LogP contribution in [0.15, 0.2) is 0 Å². The highest BCUT2D eigenvalue weighted by molar-refractivity contribution is 7.92. The van der Waals surface area contributed by atoms with E-state index in [4.69, 9.17) is 5.11 Å². The number of carboxylic acids is 1. The molecule has 1 saturated heterocycles. The van der Waals surface area contributed by atoms with Gasteiger partial charge in [-0.25, -0.2) is 13.2 Å². The molecule has 1 amide bonds. The molecule has 0 unspecified atom stereocenters. The van der Waals surface area contributed by atoms with Gasteiger partial charge in [-0.1, -0.05) is 6.92 Å². The van der Waals surface area contributed by atoms with Gasteiger partial charge in [-0.05, 0) is 25.7 Å². The molecule has 6 nitrogen and oxygen atoms in total. The number of amides is 1. The first-order valence-electron chi connectivity index (χ1n) is 6.10. The molecule has 1 rings (SSSR count). The Morgan fingerprint density at radius 3 is 2.56 bits per heavy atom. The van der Waals surface area contributed by atoms with E-state index >= 15 is 0 Å². The number of carbonyl (C=O) groups is 2. The summed E-state index contributed by atoms with van der Waals surface area (Å²) >= 11 is 0. The van der Waals surface area contributed by atoms with E-state index in [1.807, 2.05) is 0 Å². The van der Waals surface area contributed by atoms with Gasteiger partial charge in [-0.3, -0.25) is 4.79 Å². The maximum Gasteiger partial charge on any atom is 0.326 e. The van der Waals surface area contributed by atoms with Gasteiger partial charge in [0.05, 0.1) is 5.75 Å². The van der Waals surface area contributed by atoms with E-state index in [2.05, 4.69) is 0 Å². The number of sulfone groups is 1. The van der Waals surface area contributed by atoms with Crippen molar-refractivity contribution >= 4 is 21.7 Å². The molecule has 1 heterocycles. The molecule has 0 bridgehead atoms. The Kier molecular flexibility index (Phi) is 5.13. The van der Waals surface area contributed by atoms with E-state index < -0.39 is 33.5 Å². The molecule has 0 spiro atoms. The zero-order valence-electron chi connectivity index (χ0n) is 10.5. The summed E-state index contributed by atoms with van der Waals surface area (Å²) in [5.74, 6) is -2.26. The molecule has 0 aromatic rings. The highest BCUT2D eigenvalue weighted by atomic mass is 32.2. The van der Waals surface area contributed by atoms with E-state index in [9.17, 15) is 18.0 Å². The molecule has 7 heteroatoms. The molecule has 1 N–H and O–H groups in total. The Labute approximate surface area is 107 Å². The Morgan fingerprint density at radius 2 is 2.00 bits per heavy atom. The normalized spacial score (nSPS) is 20.7. The number of aliphatic carboxylic acids is 1. The van der Waals surface area contributed by atoms with Crippen LogP contribution in [-0.4, -0.2) is 54.4 Å². The second-order valence-corrected chi connectivity index (χ2v) is 6.71. The van der Waals surface area contributed by atoms with Gasteiger partial charge in [-0.2, -0.15) is 0 Å². The molecule has 1 aliphatic rings. The number of hydrogen-bond acceptors (Lipinski definition) is 4. The molecule has 0 aromatic heterocycles. The maximum atomic E-state index is 11.9. The van der Waals surface area contributed by atoms with Crippen molar-refractivity contribution in [2.24, 2.45) is 0 Å². The van der Waals surface area contributed by atoms with Crippen molar-refractivity contribution in [1.29, 1.82) is 0 Å². The van der Waals surface area contributed by atoms with Gasteiger partial charge in [-0.15, -0.1) is 0 Å². The molecule has 0 radical (unpaired) electrons. The Balaban J connectivity index is 2.72. The van der Waals surface area contributed by atoms with Crippen molar-refractivity contribution < 1.29 is 23.1 Å². The molecule has 0 aliphatic carbocycles. The Hall–Kier alpha value is -1.11. The van der Waals surface area contributed by atoms with Crippen molar-refractivity contribution in [3.05, 3.63) is 0 Å². The minimum Gasteiger partial charge on any atom is -0.480 e. The molecule has 1 fully saturated rings. The quantitative estimate of drug-likeness (QED) is 0.779. The first-order chi connectivity index (χ1) is 8.37. The smallest absolute Gasteiger partial charge is 0.326 e. The second kappa shape index (κ2) is 6.17. The molecule has 0 saturated carbocycles. The van der Waals surface area contributed by atoms with Gasteiger partial charge in [0.1, 0.15) is 11.8 Å². The van der Waals surface area contributed by atoms with Crippen LogP contribution in [-0.2, 0) is 19.4 Å². The van der Waals surface area contributed by atoms with Crippen LogP contribution in [0.1, 0.15) is 32.6 Å². The summed E-state index contributed by atoms with van der Waals surface area (Å²) in [4.78, 5) is 24.1. The maximum absolute atomic E-state index is 11.9. The predicted molar refractivity (Wildman–Crippen MR) is 65.9 cm³/mol. The van der Waals surface area contributed by atoms with Crippen LogP contribution in [0.25, 0.3) is 0 Å². The van der Waals surface area contributed by atoms with Crippen LogP contribution in [0.2, 0.25) is 0 Å². The lowest BCUT2D eigenvalue weighted by molar-refractivity contribution is -0.151. The summed E-state index contributed by atoms with van der Waals surface area (Å²) in [7, 11) is -3.41. The SMILES string of the molecule is CCCS(=O)(=O)CC(=O)N1CCCC[C@@H]1C(=O)O. The summed E-state index contributed by atoms with van der Waals surface area (Å²) < 4.78 is 23.1. The van der Waals surface area contributed by atoms with E-state index in [1.54, 1.807) is 6.92 Å². The van der Waals surface area contributed by atoms with Crippen LogP contribution in [0.3, 0.4) is 0 Å². The summed E-state index contributed by atoms with van der Waals surface area (Å²) in [6, 6.07) is -0.872.